The molecule has 0 bridgehead atoms. The Morgan fingerprint density at radius 1 is 0.909 bits per heavy atom. The van der Waals surface area contributed by atoms with Gasteiger partial charge in [-0.3, -0.25) is 0 Å². The summed E-state index contributed by atoms with van der Waals surface area (Å²) < 4.78 is 0. The Balaban J connectivity index is 1.93. The highest BCUT2D eigenvalue weighted by Crippen LogP contribution is 2.34. The molecule has 0 saturated carbocycles. The molecule has 0 amide bonds. The molecule has 0 radical (unpaired) electrons. The fourth-order valence-corrected chi connectivity index (χ4v) is 2.67. The summed E-state index contributed by atoms with van der Waals surface area (Å²) in [6.45, 7) is 4.16. The molecule has 1 atom stereocenters. The van der Waals surface area contributed by atoms with E-state index in [9.17, 15) is 0 Å². The Hall–Kier alpha value is -2.48. The van der Waals surface area contributed by atoms with Gasteiger partial charge < -0.3 is 0 Å². The topological polar surface area (TPSA) is 24.7 Å². The second-order valence-electron chi connectivity index (χ2n) is 5.76. The quantitative estimate of drug-likeness (QED) is 0.590. The number of hydrogen-bond acceptors (Lipinski definition) is 2. The largest absolute Gasteiger partial charge is 0.151 e. The van der Waals surface area contributed by atoms with Gasteiger partial charge in [0.15, 0.2) is 0 Å². The van der Waals surface area contributed by atoms with Crippen LogP contribution in [0.25, 0.3) is 0 Å². The Labute approximate surface area is 131 Å². The molecule has 2 aromatic rings. The van der Waals surface area contributed by atoms with Crippen LogP contribution in [0.2, 0.25) is 0 Å². The van der Waals surface area contributed by atoms with Crippen molar-refractivity contribution >= 4 is 11.4 Å². The van der Waals surface area contributed by atoms with Gasteiger partial charge in [0, 0.05) is 5.92 Å². The first kappa shape index (κ1) is 14.5. The summed E-state index contributed by atoms with van der Waals surface area (Å²) in [6.07, 6.45) is 9.66. The van der Waals surface area contributed by atoms with Crippen LogP contribution in [0, 0.1) is 13.8 Å². The summed E-state index contributed by atoms with van der Waals surface area (Å²) in [5.74, 6) is 0.386. The molecule has 22 heavy (non-hydrogen) atoms. The predicted molar refractivity (Wildman–Crippen MR) is 92.2 cm³/mol. The second kappa shape index (κ2) is 6.52. The van der Waals surface area contributed by atoms with E-state index < -0.39 is 0 Å². The van der Waals surface area contributed by atoms with Gasteiger partial charge in [-0.15, -0.1) is 0 Å². The van der Waals surface area contributed by atoms with E-state index in [1.807, 2.05) is 18.2 Å². The molecule has 0 aliphatic heterocycles. The van der Waals surface area contributed by atoms with Crippen molar-refractivity contribution in [2.24, 2.45) is 10.2 Å². The average Bonchev–Trinajstić information content (AvgIpc) is 2.54. The Morgan fingerprint density at radius 2 is 1.77 bits per heavy atom. The van der Waals surface area contributed by atoms with Crippen molar-refractivity contribution in [3.63, 3.8) is 0 Å². The molecular formula is C20H20N2. The Kier molecular flexibility index (Phi) is 4.29. The molecule has 1 aliphatic rings. The molecule has 2 heteroatoms. The molecular weight excluding hydrogens is 268 g/mol. The maximum Gasteiger partial charge on any atom is 0.0897 e. The maximum atomic E-state index is 4.52. The van der Waals surface area contributed by atoms with E-state index >= 15 is 0 Å². The molecule has 0 saturated heterocycles. The smallest absolute Gasteiger partial charge is 0.0897 e. The van der Waals surface area contributed by atoms with E-state index in [0.717, 1.165) is 17.8 Å². The lowest BCUT2D eigenvalue weighted by Crippen LogP contribution is -1.96. The minimum atomic E-state index is 0.386. The summed E-state index contributed by atoms with van der Waals surface area (Å²) >= 11 is 0. The van der Waals surface area contributed by atoms with E-state index in [2.05, 4.69) is 72.6 Å². The zero-order valence-corrected chi connectivity index (χ0v) is 13.0. The van der Waals surface area contributed by atoms with Gasteiger partial charge in [-0.2, -0.15) is 10.2 Å². The SMILES string of the molecule is Cc1cccc(N=Nc2cc(C)ccc2C2C=CC=CC2)c1. The minimum absolute atomic E-state index is 0.386. The number of aryl methyl sites for hydroxylation is 2. The van der Waals surface area contributed by atoms with Gasteiger partial charge in [-0.1, -0.05) is 48.6 Å². The number of nitrogens with zero attached hydrogens (tertiary/aromatic N) is 2. The van der Waals surface area contributed by atoms with Crippen LogP contribution < -0.4 is 0 Å². The van der Waals surface area contributed by atoms with Crippen LogP contribution >= 0.6 is 0 Å². The molecule has 0 heterocycles. The Bertz CT molecular complexity index is 754. The highest BCUT2D eigenvalue weighted by Gasteiger charge is 2.13. The lowest BCUT2D eigenvalue weighted by Gasteiger charge is -2.15. The minimum Gasteiger partial charge on any atom is -0.151 e. The van der Waals surface area contributed by atoms with Crippen LogP contribution in [-0.2, 0) is 0 Å². The monoisotopic (exact) mass is 288 g/mol. The summed E-state index contributed by atoms with van der Waals surface area (Å²) in [5, 5.41) is 8.94. The van der Waals surface area contributed by atoms with E-state index in [1.54, 1.807) is 0 Å². The molecule has 2 nitrogen and oxygen atoms in total. The first-order valence-electron chi connectivity index (χ1n) is 7.65. The van der Waals surface area contributed by atoms with E-state index in [-0.39, 0.29) is 0 Å². The second-order valence-corrected chi connectivity index (χ2v) is 5.76. The van der Waals surface area contributed by atoms with E-state index in [1.165, 1.54) is 16.7 Å². The summed E-state index contributed by atoms with van der Waals surface area (Å²) in [6, 6.07) is 14.5. The van der Waals surface area contributed by atoms with Crippen LogP contribution in [-0.4, -0.2) is 0 Å². The molecule has 1 unspecified atom stereocenters. The fraction of sp³-hybridized carbons (Fsp3) is 0.200. The summed E-state index contributed by atoms with van der Waals surface area (Å²) in [5.41, 5.74) is 5.50. The van der Waals surface area contributed by atoms with Gasteiger partial charge >= 0.3 is 0 Å². The van der Waals surface area contributed by atoms with Crippen LogP contribution in [0.4, 0.5) is 11.4 Å². The van der Waals surface area contributed by atoms with Crippen molar-refractivity contribution in [1.29, 1.82) is 0 Å². The van der Waals surface area contributed by atoms with Gasteiger partial charge in [-0.25, -0.2) is 0 Å². The van der Waals surface area contributed by atoms with Crippen LogP contribution in [0.3, 0.4) is 0 Å². The molecule has 2 aromatic carbocycles. The van der Waals surface area contributed by atoms with Crippen LogP contribution in [0.15, 0.2) is 77.0 Å². The van der Waals surface area contributed by atoms with Crippen molar-refractivity contribution < 1.29 is 0 Å². The van der Waals surface area contributed by atoms with Crippen LogP contribution in [0.1, 0.15) is 29.0 Å². The number of benzene rings is 2. The molecule has 0 fully saturated rings. The Morgan fingerprint density at radius 3 is 2.55 bits per heavy atom. The standard InChI is InChI=1S/C20H20N2/c1-15-7-6-10-18(13-15)21-22-20-14-16(2)11-12-19(20)17-8-4-3-5-9-17/h3-8,10-14,17H,9H2,1-2H3. The highest BCUT2D eigenvalue weighted by molar-refractivity contribution is 5.52. The zero-order valence-electron chi connectivity index (χ0n) is 13.0. The number of azo groups is 1. The molecule has 3 rings (SSSR count). The fourth-order valence-electron chi connectivity index (χ4n) is 2.67. The van der Waals surface area contributed by atoms with Crippen molar-refractivity contribution in [1.82, 2.24) is 0 Å². The molecule has 0 spiro atoms. The van der Waals surface area contributed by atoms with Gasteiger partial charge in [-0.05, 0) is 55.2 Å². The number of rotatable bonds is 3. The lowest BCUT2D eigenvalue weighted by molar-refractivity contribution is 0.851. The van der Waals surface area contributed by atoms with Crippen molar-refractivity contribution in [2.45, 2.75) is 26.2 Å². The van der Waals surface area contributed by atoms with Gasteiger partial charge in [0.05, 0.1) is 11.4 Å². The number of hydrogen-bond donors (Lipinski definition) is 0. The van der Waals surface area contributed by atoms with E-state index in [0.29, 0.717) is 5.92 Å². The first-order chi connectivity index (χ1) is 10.7. The predicted octanol–water partition coefficient (Wildman–Crippen LogP) is 6.32. The maximum absolute atomic E-state index is 4.52. The molecule has 0 aromatic heterocycles. The average molecular weight is 288 g/mol. The zero-order chi connectivity index (χ0) is 15.4. The van der Waals surface area contributed by atoms with Gasteiger partial charge in [0.2, 0.25) is 0 Å². The highest BCUT2D eigenvalue weighted by atomic mass is 15.1. The van der Waals surface area contributed by atoms with E-state index in [4.69, 9.17) is 0 Å². The normalized spacial score (nSPS) is 17.3. The molecule has 110 valence electrons. The summed E-state index contributed by atoms with van der Waals surface area (Å²) in [4.78, 5) is 0. The van der Waals surface area contributed by atoms with Crippen molar-refractivity contribution in [3.05, 3.63) is 83.5 Å². The van der Waals surface area contributed by atoms with Gasteiger partial charge in [0.25, 0.3) is 0 Å². The molecule has 1 aliphatic carbocycles. The third-order valence-electron chi connectivity index (χ3n) is 3.84. The lowest BCUT2D eigenvalue weighted by atomic mass is 9.91. The molecule has 0 N–H and O–H groups in total. The third kappa shape index (κ3) is 3.40. The third-order valence-corrected chi connectivity index (χ3v) is 3.84. The van der Waals surface area contributed by atoms with Gasteiger partial charge in [0.1, 0.15) is 0 Å². The summed E-state index contributed by atoms with van der Waals surface area (Å²) in [7, 11) is 0. The first-order valence-corrected chi connectivity index (χ1v) is 7.65. The van der Waals surface area contributed by atoms with Crippen molar-refractivity contribution in [2.75, 3.05) is 0 Å². The number of allylic oxidation sites excluding steroid dienone is 4. The van der Waals surface area contributed by atoms with Crippen molar-refractivity contribution in [3.8, 4) is 0 Å². The van der Waals surface area contributed by atoms with Crippen LogP contribution in [0.5, 0.6) is 0 Å².